The molecule has 3 rings (SSSR count). The maximum Gasteiger partial charge on any atom is 0.345 e. The molecule has 0 bridgehead atoms. The summed E-state index contributed by atoms with van der Waals surface area (Å²) in [5.41, 5.74) is 0.658. The van der Waals surface area contributed by atoms with Crippen LogP contribution in [0.25, 0.3) is 22.1 Å². The van der Waals surface area contributed by atoms with E-state index >= 15 is 0 Å². The van der Waals surface area contributed by atoms with Gasteiger partial charge < -0.3 is 4.42 Å². The van der Waals surface area contributed by atoms with Gasteiger partial charge >= 0.3 is 5.63 Å². The minimum absolute atomic E-state index is 0.266. The molecule has 78 valence electrons. The lowest BCUT2D eigenvalue weighted by Crippen LogP contribution is -1.97. The van der Waals surface area contributed by atoms with Crippen molar-refractivity contribution in [2.75, 3.05) is 0 Å². The van der Waals surface area contributed by atoms with Crippen molar-refractivity contribution in [3.8, 4) is 11.3 Å². The topological polar surface area (TPSA) is 30.2 Å². The minimum atomic E-state index is -0.266. The van der Waals surface area contributed by atoms with Crippen LogP contribution < -0.4 is 5.63 Å². The maximum atomic E-state index is 11.7. The third-order valence-electron chi connectivity index (χ3n) is 2.46. The van der Waals surface area contributed by atoms with Crippen molar-refractivity contribution >= 4 is 22.1 Å². The van der Waals surface area contributed by atoms with Gasteiger partial charge in [-0.25, -0.2) is 4.79 Å². The van der Waals surface area contributed by atoms with Gasteiger partial charge in [0.25, 0.3) is 0 Å². The molecule has 3 aromatic rings. The zero-order valence-corrected chi connectivity index (χ0v) is 9.16. The molecule has 0 spiro atoms. The predicted octanol–water partition coefficient (Wildman–Crippen LogP) is 3.52. The van der Waals surface area contributed by atoms with E-state index in [0.717, 1.165) is 10.9 Å². The van der Waals surface area contributed by atoms with Crippen LogP contribution in [0.3, 0.4) is 0 Å². The Balaban J connectivity index is 2.30. The lowest BCUT2D eigenvalue weighted by Gasteiger charge is -1.99. The van der Waals surface area contributed by atoms with Crippen molar-refractivity contribution in [3.63, 3.8) is 0 Å². The van der Waals surface area contributed by atoms with Crippen LogP contribution in [0.1, 0.15) is 0 Å². The Kier molecular flexibility index (Phi) is 2.11. The summed E-state index contributed by atoms with van der Waals surface area (Å²) in [7, 11) is 0. The molecule has 0 aliphatic carbocycles. The second-order valence-electron chi connectivity index (χ2n) is 3.50. The number of hydrogen-bond donors (Lipinski definition) is 0. The first kappa shape index (κ1) is 9.36. The summed E-state index contributed by atoms with van der Waals surface area (Å²) in [5.74, 6) is 0.622. The maximum absolute atomic E-state index is 11.7. The van der Waals surface area contributed by atoms with E-state index in [9.17, 15) is 4.79 Å². The minimum Gasteiger partial charge on any atom is -0.422 e. The fourth-order valence-electron chi connectivity index (χ4n) is 1.65. The monoisotopic (exact) mass is 228 g/mol. The number of rotatable bonds is 1. The van der Waals surface area contributed by atoms with Crippen LogP contribution in [0.2, 0.25) is 0 Å². The van der Waals surface area contributed by atoms with Crippen LogP contribution in [-0.2, 0) is 0 Å². The van der Waals surface area contributed by atoms with Crippen LogP contribution in [0.15, 0.2) is 56.4 Å². The van der Waals surface area contributed by atoms with Gasteiger partial charge in [-0.15, -0.1) is 0 Å². The standard InChI is InChI=1S/C13H8O2S/c14-13-11-8-16-7-10(11)6-12(15-13)9-4-2-1-3-5-9/h1-8H. The average Bonchev–Trinajstić information content (AvgIpc) is 2.79. The number of hydrogen-bond acceptors (Lipinski definition) is 3. The molecule has 2 heterocycles. The first-order valence-corrected chi connectivity index (χ1v) is 5.84. The van der Waals surface area contributed by atoms with Crippen LogP contribution in [0.4, 0.5) is 0 Å². The summed E-state index contributed by atoms with van der Waals surface area (Å²) >= 11 is 1.51. The van der Waals surface area contributed by atoms with E-state index in [0.29, 0.717) is 11.1 Å². The van der Waals surface area contributed by atoms with Gasteiger partial charge in [0.05, 0.1) is 5.39 Å². The second-order valence-corrected chi connectivity index (χ2v) is 4.25. The Bertz CT molecular complexity index is 680. The van der Waals surface area contributed by atoms with Crippen molar-refractivity contribution in [3.05, 3.63) is 57.6 Å². The van der Waals surface area contributed by atoms with E-state index in [2.05, 4.69) is 0 Å². The van der Waals surface area contributed by atoms with Gasteiger partial charge in [-0.1, -0.05) is 30.3 Å². The molecule has 0 fully saturated rings. The van der Waals surface area contributed by atoms with Crippen LogP contribution in [0, 0.1) is 0 Å². The molecule has 0 unspecified atom stereocenters. The molecule has 0 atom stereocenters. The molecule has 16 heavy (non-hydrogen) atoms. The Morgan fingerprint density at radius 1 is 1.06 bits per heavy atom. The first-order valence-electron chi connectivity index (χ1n) is 4.90. The lowest BCUT2D eigenvalue weighted by molar-refractivity contribution is 0.535. The molecule has 0 aliphatic heterocycles. The summed E-state index contributed by atoms with van der Waals surface area (Å²) in [6.45, 7) is 0. The Hall–Kier alpha value is -1.87. The summed E-state index contributed by atoms with van der Waals surface area (Å²) in [4.78, 5) is 11.7. The van der Waals surface area contributed by atoms with Crippen LogP contribution in [-0.4, -0.2) is 0 Å². The van der Waals surface area contributed by atoms with Gasteiger partial charge in [0.2, 0.25) is 0 Å². The van der Waals surface area contributed by atoms with Crippen molar-refractivity contribution in [2.45, 2.75) is 0 Å². The second kappa shape index (κ2) is 3.61. The van der Waals surface area contributed by atoms with E-state index in [4.69, 9.17) is 4.42 Å². The summed E-state index contributed by atoms with van der Waals surface area (Å²) in [6.07, 6.45) is 0. The average molecular weight is 228 g/mol. The van der Waals surface area contributed by atoms with E-state index in [1.54, 1.807) is 0 Å². The fraction of sp³-hybridized carbons (Fsp3) is 0. The normalized spacial score (nSPS) is 10.8. The summed E-state index contributed by atoms with van der Waals surface area (Å²) in [6, 6.07) is 11.5. The number of fused-ring (bicyclic) bond motifs is 1. The van der Waals surface area contributed by atoms with Gasteiger partial charge in [0.1, 0.15) is 5.76 Å². The summed E-state index contributed by atoms with van der Waals surface area (Å²) < 4.78 is 5.29. The lowest BCUT2D eigenvalue weighted by atomic mass is 10.1. The number of benzene rings is 1. The van der Waals surface area contributed by atoms with E-state index in [1.165, 1.54) is 11.3 Å². The van der Waals surface area contributed by atoms with E-state index in [1.807, 2.05) is 47.2 Å². The van der Waals surface area contributed by atoms with Crippen molar-refractivity contribution in [2.24, 2.45) is 0 Å². The third-order valence-corrected chi connectivity index (χ3v) is 3.22. The smallest absolute Gasteiger partial charge is 0.345 e. The molecule has 1 aromatic carbocycles. The molecule has 0 saturated heterocycles. The quantitative estimate of drug-likeness (QED) is 0.638. The molecule has 2 nitrogen and oxygen atoms in total. The molecule has 2 aromatic heterocycles. The zero-order chi connectivity index (χ0) is 11.0. The van der Waals surface area contributed by atoms with E-state index in [-0.39, 0.29) is 5.63 Å². The van der Waals surface area contributed by atoms with Crippen molar-refractivity contribution in [1.29, 1.82) is 0 Å². The van der Waals surface area contributed by atoms with Crippen molar-refractivity contribution < 1.29 is 4.42 Å². The Morgan fingerprint density at radius 2 is 1.88 bits per heavy atom. The van der Waals surface area contributed by atoms with Crippen LogP contribution in [0.5, 0.6) is 0 Å². The molecule has 0 radical (unpaired) electrons. The molecular formula is C13H8O2S. The molecule has 3 heteroatoms. The van der Waals surface area contributed by atoms with Gasteiger partial charge in [-0.3, -0.25) is 0 Å². The molecule has 0 N–H and O–H groups in total. The van der Waals surface area contributed by atoms with Crippen LogP contribution >= 0.6 is 11.3 Å². The van der Waals surface area contributed by atoms with Crippen molar-refractivity contribution in [1.82, 2.24) is 0 Å². The highest BCUT2D eigenvalue weighted by molar-refractivity contribution is 7.09. The fourth-order valence-corrected chi connectivity index (χ4v) is 2.43. The predicted molar refractivity (Wildman–Crippen MR) is 65.8 cm³/mol. The van der Waals surface area contributed by atoms with Gasteiger partial charge in [-0.2, -0.15) is 11.3 Å². The van der Waals surface area contributed by atoms with Gasteiger partial charge in [0, 0.05) is 16.3 Å². The third kappa shape index (κ3) is 1.46. The Labute approximate surface area is 95.8 Å². The zero-order valence-electron chi connectivity index (χ0n) is 8.34. The summed E-state index contributed by atoms with van der Waals surface area (Å²) in [5, 5.41) is 5.37. The SMILES string of the molecule is O=c1oc(-c2ccccc2)cc2cscc12. The molecule has 0 aliphatic rings. The first-order chi connectivity index (χ1) is 7.84. The van der Waals surface area contributed by atoms with Gasteiger partial charge in [0.15, 0.2) is 0 Å². The largest absolute Gasteiger partial charge is 0.422 e. The Morgan fingerprint density at radius 3 is 2.69 bits per heavy atom. The molecule has 0 saturated carbocycles. The highest BCUT2D eigenvalue weighted by Gasteiger charge is 2.06. The highest BCUT2D eigenvalue weighted by atomic mass is 32.1. The number of thiophene rings is 1. The highest BCUT2D eigenvalue weighted by Crippen LogP contribution is 2.23. The van der Waals surface area contributed by atoms with E-state index < -0.39 is 0 Å². The molecule has 0 amide bonds. The molecular weight excluding hydrogens is 220 g/mol. The van der Waals surface area contributed by atoms with Gasteiger partial charge in [-0.05, 0) is 11.4 Å².